The molecule has 11 N–H and O–H groups in total. The highest BCUT2D eigenvalue weighted by atomic mass is 16.8. The van der Waals surface area contributed by atoms with E-state index >= 15 is 0 Å². The van der Waals surface area contributed by atoms with Gasteiger partial charge in [-0.1, -0.05) is 12.1 Å². The zero-order valence-electron chi connectivity index (χ0n) is 31.1. The van der Waals surface area contributed by atoms with E-state index in [0.29, 0.717) is 5.56 Å². The summed E-state index contributed by atoms with van der Waals surface area (Å²) in [7, 11) is 0. The third-order valence-electron chi connectivity index (χ3n) is 9.64. The molecule has 15 atom stereocenters. The molecule has 3 saturated heterocycles. The molecule has 0 amide bonds. The lowest BCUT2D eigenvalue weighted by atomic mass is 9.96. The second-order valence-corrected chi connectivity index (χ2v) is 13.9. The number of esters is 2. The molecular formula is C37H48O21. The van der Waals surface area contributed by atoms with Crippen LogP contribution in [0.2, 0.25) is 0 Å². The molecule has 2 aromatic carbocycles. The van der Waals surface area contributed by atoms with Crippen LogP contribution >= 0.6 is 0 Å². The Balaban J connectivity index is 1.50. The lowest BCUT2D eigenvalue weighted by Gasteiger charge is -2.48. The Hall–Kier alpha value is -4.20. The van der Waals surface area contributed by atoms with Gasteiger partial charge >= 0.3 is 11.9 Å². The van der Waals surface area contributed by atoms with Crippen LogP contribution in [0, 0.1) is 0 Å². The van der Waals surface area contributed by atoms with Crippen molar-refractivity contribution in [2.75, 3.05) is 19.8 Å². The van der Waals surface area contributed by atoms with Crippen molar-refractivity contribution in [2.24, 2.45) is 0 Å². The quantitative estimate of drug-likeness (QED) is 0.0527. The monoisotopic (exact) mass is 828 g/mol. The number of carbonyl (C=O) groups is 2. The molecule has 21 heteroatoms. The maximum Gasteiger partial charge on any atom is 0.331 e. The predicted octanol–water partition coefficient (Wildman–Crippen LogP) is -2.62. The number of aromatic hydroxyl groups is 4. The molecule has 58 heavy (non-hydrogen) atoms. The molecule has 5 rings (SSSR count). The first-order valence-corrected chi connectivity index (χ1v) is 18.1. The first-order chi connectivity index (χ1) is 27.5. The van der Waals surface area contributed by atoms with E-state index in [1.54, 1.807) is 0 Å². The van der Waals surface area contributed by atoms with Crippen molar-refractivity contribution in [1.29, 1.82) is 0 Å². The summed E-state index contributed by atoms with van der Waals surface area (Å²) in [4.78, 5) is 26.1. The number of aliphatic hydroxyl groups excluding tert-OH is 7. The van der Waals surface area contributed by atoms with Crippen molar-refractivity contribution in [1.82, 2.24) is 0 Å². The van der Waals surface area contributed by atoms with Gasteiger partial charge in [0.1, 0.15) is 54.9 Å². The molecule has 0 aromatic heterocycles. The van der Waals surface area contributed by atoms with Crippen LogP contribution in [-0.2, 0) is 53.9 Å². The Labute approximate surface area is 330 Å². The van der Waals surface area contributed by atoms with Gasteiger partial charge in [0.15, 0.2) is 54.1 Å². The van der Waals surface area contributed by atoms with Crippen molar-refractivity contribution in [3.63, 3.8) is 0 Å². The molecule has 0 aliphatic carbocycles. The maximum absolute atomic E-state index is 13.5. The van der Waals surface area contributed by atoms with Gasteiger partial charge in [-0.25, -0.2) is 4.79 Å². The number of hydrogen-bond acceptors (Lipinski definition) is 21. The fourth-order valence-electron chi connectivity index (χ4n) is 6.44. The van der Waals surface area contributed by atoms with E-state index in [2.05, 4.69) is 0 Å². The summed E-state index contributed by atoms with van der Waals surface area (Å²) in [5, 5.41) is 112. The van der Waals surface area contributed by atoms with E-state index in [-0.39, 0.29) is 24.3 Å². The summed E-state index contributed by atoms with van der Waals surface area (Å²) in [6.07, 6.45) is -22.8. The van der Waals surface area contributed by atoms with E-state index in [9.17, 15) is 65.8 Å². The number of ether oxygens (including phenoxy) is 8. The van der Waals surface area contributed by atoms with Crippen LogP contribution in [0.5, 0.6) is 23.0 Å². The van der Waals surface area contributed by atoms with Gasteiger partial charge in [-0.05, 0) is 54.8 Å². The van der Waals surface area contributed by atoms with Gasteiger partial charge in [-0.2, -0.15) is 0 Å². The number of phenols is 4. The number of benzene rings is 2. The lowest BCUT2D eigenvalue weighted by molar-refractivity contribution is -0.364. The summed E-state index contributed by atoms with van der Waals surface area (Å²) in [5.74, 6) is -3.70. The molecule has 0 saturated carbocycles. The van der Waals surface area contributed by atoms with E-state index in [0.717, 1.165) is 19.1 Å². The largest absolute Gasteiger partial charge is 0.504 e. The number of hydrogen-bond donors (Lipinski definition) is 11. The standard InChI is InChI=1S/C37H48O21/c1-15-26(45)28(47)31(50)36(53-15)58-33-32(57-25(44)8-5-17-3-6-19(40)21(42)11-17)24(14-52-35-30(49)29(48)27(46)23(13-38)55-35)56-37(34(33)54-16(2)39)51-10-9-18-4-7-20(41)22(43)12-18/h3-8,11-12,15,23-24,26-38,40-43,45-50H,9-10,13-14H2,1-2H3/t15-,23+,24+,26-,27+,28+,29-,30+,31+,32+,33-,34+,35+,36-,37+/m0/s1. The average molecular weight is 829 g/mol. The molecule has 322 valence electrons. The third-order valence-corrected chi connectivity index (χ3v) is 9.64. The van der Waals surface area contributed by atoms with Gasteiger partial charge in [0, 0.05) is 13.0 Å². The van der Waals surface area contributed by atoms with E-state index in [4.69, 9.17) is 37.9 Å². The fraction of sp³-hybridized carbons (Fsp3) is 0.568. The fourth-order valence-corrected chi connectivity index (χ4v) is 6.44. The van der Waals surface area contributed by atoms with Crippen molar-refractivity contribution >= 4 is 18.0 Å². The second kappa shape index (κ2) is 19.7. The molecule has 3 fully saturated rings. The number of carbonyl (C=O) groups excluding carboxylic acids is 2. The van der Waals surface area contributed by atoms with Crippen LogP contribution in [0.1, 0.15) is 25.0 Å². The zero-order chi connectivity index (χ0) is 42.4. The SMILES string of the molecule is CC(=O)O[C@H]1[C@H](OCCc2ccc(O)c(O)c2)O[C@H](CO[C@@H]2O[C@H](CO)[C@@H](O)[C@H](O)[C@H]2O)[C@@H](OC(=O)C=Cc2ccc(O)c(O)c2)[C@@H]1O[C@@H]1O[C@@H](C)[C@H](O)[C@@H](O)[C@H]1O. The van der Waals surface area contributed by atoms with Crippen molar-refractivity contribution < 1.29 is 104 Å². The summed E-state index contributed by atoms with van der Waals surface area (Å²) < 4.78 is 46.6. The van der Waals surface area contributed by atoms with Gasteiger partial charge in [0.05, 0.1) is 25.9 Å². The second-order valence-electron chi connectivity index (χ2n) is 13.9. The highest BCUT2D eigenvalue weighted by molar-refractivity contribution is 5.87. The molecule has 3 aliphatic heterocycles. The third kappa shape index (κ3) is 10.7. The molecular weight excluding hydrogens is 780 g/mol. The van der Waals surface area contributed by atoms with E-state index < -0.39 is 135 Å². The van der Waals surface area contributed by atoms with Crippen molar-refractivity contribution in [2.45, 2.75) is 112 Å². The van der Waals surface area contributed by atoms with Gasteiger partial charge in [-0.15, -0.1) is 0 Å². The van der Waals surface area contributed by atoms with Crippen LogP contribution in [0.4, 0.5) is 0 Å². The van der Waals surface area contributed by atoms with Gasteiger partial charge in [0.2, 0.25) is 0 Å². The minimum Gasteiger partial charge on any atom is -0.504 e. The Bertz CT molecular complexity index is 1720. The molecule has 3 heterocycles. The molecule has 0 spiro atoms. The Kier molecular flexibility index (Phi) is 15.2. The molecule has 21 nitrogen and oxygen atoms in total. The summed E-state index contributed by atoms with van der Waals surface area (Å²) in [6.45, 7) is 0.703. The van der Waals surface area contributed by atoms with Crippen LogP contribution < -0.4 is 0 Å². The molecule has 0 unspecified atom stereocenters. The minimum absolute atomic E-state index is 0.0835. The van der Waals surface area contributed by atoms with Crippen molar-refractivity contribution in [3.8, 4) is 23.0 Å². The zero-order valence-corrected chi connectivity index (χ0v) is 31.1. The van der Waals surface area contributed by atoms with E-state index in [1.807, 2.05) is 0 Å². The maximum atomic E-state index is 13.5. The lowest BCUT2D eigenvalue weighted by Crippen LogP contribution is -2.66. The molecule has 0 radical (unpaired) electrons. The van der Waals surface area contributed by atoms with Crippen LogP contribution in [0.25, 0.3) is 6.08 Å². The summed E-state index contributed by atoms with van der Waals surface area (Å²) in [5.41, 5.74) is 0.738. The molecule has 2 aromatic rings. The molecule has 0 bridgehead atoms. The topological polar surface area (TPSA) is 331 Å². The number of aliphatic hydroxyl groups is 7. The predicted molar refractivity (Wildman–Crippen MR) is 189 cm³/mol. The summed E-state index contributed by atoms with van der Waals surface area (Å²) >= 11 is 0. The minimum atomic E-state index is -1.92. The van der Waals surface area contributed by atoms with Crippen molar-refractivity contribution in [3.05, 3.63) is 53.6 Å². The highest BCUT2D eigenvalue weighted by Crippen LogP contribution is 2.35. The Morgan fingerprint density at radius 1 is 0.672 bits per heavy atom. The smallest absolute Gasteiger partial charge is 0.331 e. The van der Waals surface area contributed by atoms with Crippen LogP contribution in [0.3, 0.4) is 0 Å². The normalized spacial score (nSPS) is 35.4. The van der Waals surface area contributed by atoms with Gasteiger partial charge in [0.25, 0.3) is 0 Å². The highest BCUT2D eigenvalue weighted by Gasteiger charge is 2.55. The Morgan fingerprint density at radius 3 is 1.97 bits per heavy atom. The van der Waals surface area contributed by atoms with E-state index in [1.165, 1.54) is 43.3 Å². The molecule has 3 aliphatic rings. The first-order valence-electron chi connectivity index (χ1n) is 18.1. The number of phenolic OH excluding ortho intramolecular Hbond substituents is 4. The Morgan fingerprint density at radius 2 is 1.31 bits per heavy atom. The summed E-state index contributed by atoms with van der Waals surface area (Å²) in [6, 6.07) is 7.70. The number of rotatable bonds is 14. The van der Waals surface area contributed by atoms with Crippen LogP contribution in [0.15, 0.2) is 42.5 Å². The first kappa shape index (κ1) is 44.9. The van der Waals surface area contributed by atoms with Gasteiger partial charge < -0.3 is 94.1 Å². The van der Waals surface area contributed by atoms with Crippen LogP contribution in [-0.4, -0.2) is 180 Å². The average Bonchev–Trinajstić information content (AvgIpc) is 3.18. The van der Waals surface area contributed by atoms with Gasteiger partial charge in [-0.3, -0.25) is 4.79 Å².